The van der Waals surface area contributed by atoms with Crippen LogP contribution in [-0.4, -0.2) is 15.8 Å². The first-order valence-corrected chi connectivity index (χ1v) is 8.04. The molecule has 1 aliphatic rings. The van der Waals surface area contributed by atoms with Crippen molar-refractivity contribution in [3.8, 4) is 0 Å². The Morgan fingerprint density at radius 2 is 2.00 bits per heavy atom. The van der Waals surface area contributed by atoms with Crippen LogP contribution in [0.3, 0.4) is 0 Å². The number of carbonyl (C=O) groups excluding carboxylic acids is 1. The van der Waals surface area contributed by atoms with Crippen molar-refractivity contribution in [1.29, 1.82) is 0 Å². The average Bonchev–Trinajstić information content (AvgIpc) is 2.95. The fourth-order valence-corrected chi connectivity index (χ4v) is 2.75. The number of fused-ring (bicyclic) bond motifs is 1. The van der Waals surface area contributed by atoms with Gasteiger partial charge in [-0.25, -0.2) is 4.98 Å². The number of nitrogens with one attached hydrogen (secondary N) is 1. The fraction of sp³-hybridized carbons (Fsp3) is 0.278. The minimum absolute atomic E-state index is 0.167. The molecule has 5 heteroatoms. The van der Waals surface area contributed by atoms with Gasteiger partial charge in [0.05, 0.1) is 5.69 Å². The molecule has 2 aromatic rings. The third-order valence-electron chi connectivity index (χ3n) is 3.66. The van der Waals surface area contributed by atoms with E-state index in [0.29, 0.717) is 18.2 Å². The molecule has 1 aromatic carbocycles. The summed E-state index contributed by atoms with van der Waals surface area (Å²) in [5.41, 5.74) is 3.49. The summed E-state index contributed by atoms with van der Waals surface area (Å²) in [6.45, 7) is 4.08. The number of benzene rings is 1. The second-order valence-corrected chi connectivity index (χ2v) is 6.37. The molecule has 1 aliphatic carbocycles. The molecule has 0 saturated heterocycles. The van der Waals surface area contributed by atoms with Crippen molar-refractivity contribution in [3.63, 3.8) is 0 Å². The fourth-order valence-electron chi connectivity index (χ4n) is 2.56. The number of Topliss-reactive ketones (excluding diaryl/α,β-unsaturated/α-hetero) is 1. The van der Waals surface area contributed by atoms with Crippen molar-refractivity contribution in [3.05, 3.63) is 52.4 Å². The Labute approximate surface area is 140 Å². The zero-order valence-corrected chi connectivity index (χ0v) is 13.9. The Kier molecular flexibility index (Phi) is 4.44. The summed E-state index contributed by atoms with van der Waals surface area (Å²) in [4.78, 5) is 20.5. The second-order valence-electron chi connectivity index (χ2n) is 6.03. The molecule has 1 aromatic heterocycles. The average molecular weight is 328 g/mol. The van der Waals surface area contributed by atoms with Crippen LogP contribution in [0.25, 0.3) is 6.08 Å². The van der Waals surface area contributed by atoms with Gasteiger partial charge in [-0.2, -0.15) is 4.98 Å². The standard InChI is InChI=1S/C18H18ClN3O/c1-11(2)10-16(23)12-6-8-13(9-7-12)20-17-14-4-3-5-15(14)21-18(19)22-17/h3-4,6-9,11H,5,10H2,1-2H3,(H,20,21,22). The molecule has 0 spiro atoms. The summed E-state index contributed by atoms with van der Waals surface area (Å²) in [5, 5.41) is 3.49. The van der Waals surface area contributed by atoms with Crippen LogP contribution in [0.5, 0.6) is 0 Å². The van der Waals surface area contributed by atoms with Crippen LogP contribution in [0.1, 0.15) is 41.9 Å². The lowest BCUT2D eigenvalue weighted by molar-refractivity contribution is 0.0968. The minimum atomic E-state index is 0.167. The lowest BCUT2D eigenvalue weighted by atomic mass is 10.0. The van der Waals surface area contributed by atoms with Crippen LogP contribution >= 0.6 is 11.6 Å². The maximum absolute atomic E-state index is 12.1. The van der Waals surface area contributed by atoms with Crippen molar-refractivity contribution in [2.24, 2.45) is 5.92 Å². The van der Waals surface area contributed by atoms with Crippen molar-refractivity contribution in [1.82, 2.24) is 9.97 Å². The Morgan fingerprint density at radius 3 is 2.70 bits per heavy atom. The third kappa shape index (κ3) is 3.59. The predicted molar refractivity (Wildman–Crippen MR) is 93.3 cm³/mol. The van der Waals surface area contributed by atoms with E-state index in [1.54, 1.807) is 0 Å². The highest BCUT2D eigenvalue weighted by molar-refractivity contribution is 6.28. The van der Waals surface area contributed by atoms with Crippen LogP contribution in [0, 0.1) is 5.92 Å². The van der Waals surface area contributed by atoms with E-state index in [0.717, 1.165) is 28.9 Å². The lowest BCUT2D eigenvalue weighted by Crippen LogP contribution is -2.04. The van der Waals surface area contributed by atoms with E-state index in [2.05, 4.69) is 15.3 Å². The molecule has 1 heterocycles. The Balaban J connectivity index is 1.79. The van der Waals surface area contributed by atoms with E-state index in [9.17, 15) is 4.79 Å². The molecule has 0 fully saturated rings. The van der Waals surface area contributed by atoms with Gasteiger partial charge in [0.15, 0.2) is 5.78 Å². The number of halogens is 1. The van der Waals surface area contributed by atoms with E-state index in [4.69, 9.17) is 11.6 Å². The van der Waals surface area contributed by atoms with Gasteiger partial charge in [0.1, 0.15) is 5.82 Å². The minimum Gasteiger partial charge on any atom is -0.340 e. The monoisotopic (exact) mass is 327 g/mol. The lowest BCUT2D eigenvalue weighted by Gasteiger charge is -2.10. The molecular weight excluding hydrogens is 310 g/mol. The van der Waals surface area contributed by atoms with E-state index in [-0.39, 0.29) is 11.1 Å². The van der Waals surface area contributed by atoms with Crippen LogP contribution in [0.15, 0.2) is 30.3 Å². The number of anilines is 2. The molecule has 4 nitrogen and oxygen atoms in total. The molecule has 0 aliphatic heterocycles. The third-order valence-corrected chi connectivity index (χ3v) is 3.83. The van der Waals surface area contributed by atoms with Gasteiger partial charge in [-0.05, 0) is 41.8 Å². The van der Waals surface area contributed by atoms with Crippen molar-refractivity contribution < 1.29 is 4.79 Å². The van der Waals surface area contributed by atoms with Crippen LogP contribution in [0.2, 0.25) is 5.28 Å². The highest BCUT2D eigenvalue weighted by Gasteiger charge is 2.15. The molecule has 3 rings (SSSR count). The number of aromatic nitrogens is 2. The SMILES string of the molecule is CC(C)CC(=O)c1ccc(Nc2nc(Cl)nc3c2C=CC3)cc1. The van der Waals surface area contributed by atoms with Gasteiger partial charge in [0.25, 0.3) is 0 Å². The largest absolute Gasteiger partial charge is 0.340 e. The number of hydrogen-bond donors (Lipinski definition) is 1. The van der Waals surface area contributed by atoms with Gasteiger partial charge < -0.3 is 5.32 Å². The number of carbonyl (C=O) groups is 1. The molecule has 118 valence electrons. The van der Waals surface area contributed by atoms with E-state index >= 15 is 0 Å². The molecule has 0 atom stereocenters. The summed E-state index contributed by atoms with van der Waals surface area (Å²) in [6, 6.07) is 7.45. The Hall–Kier alpha value is -2.20. The van der Waals surface area contributed by atoms with Crippen LogP contribution in [0.4, 0.5) is 11.5 Å². The van der Waals surface area contributed by atoms with Crippen molar-refractivity contribution >= 4 is 35.0 Å². The highest BCUT2D eigenvalue weighted by Crippen LogP contribution is 2.28. The van der Waals surface area contributed by atoms with E-state index in [1.165, 1.54) is 0 Å². The number of hydrogen-bond acceptors (Lipinski definition) is 4. The van der Waals surface area contributed by atoms with Gasteiger partial charge in [-0.3, -0.25) is 4.79 Å². The molecule has 1 N–H and O–H groups in total. The normalized spacial score (nSPS) is 12.5. The van der Waals surface area contributed by atoms with Gasteiger partial charge in [0, 0.05) is 29.7 Å². The highest BCUT2D eigenvalue weighted by atomic mass is 35.5. The zero-order valence-electron chi connectivity index (χ0n) is 13.1. The summed E-state index contributed by atoms with van der Waals surface area (Å²) < 4.78 is 0. The summed E-state index contributed by atoms with van der Waals surface area (Å²) in [5.74, 6) is 1.22. The molecule has 0 saturated carbocycles. The topological polar surface area (TPSA) is 54.9 Å². The maximum Gasteiger partial charge on any atom is 0.224 e. The van der Waals surface area contributed by atoms with E-state index < -0.39 is 0 Å². The number of rotatable bonds is 5. The maximum atomic E-state index is 12.1. The Bertz CT molecular complexity index is 767. The number of allylic oxidation sites excluding steroid dienone is 1. The van der Waals surface area contributed by atoms with Crippen molar-refractivity contribution in [2.75, 3.05) is 5.32 Å². The number of ketones is 1. The summed E-state index contributed by atoms with van der Waals surface area (Å²) in [6.07, 6.45) is 5.37. The predicted octanol–water partition coefficient (Wildman–Crippen LogP) is 4.67. The molecular formula is C18H18ClN3O. The smallest absolute Gasteiger partial charge is 0.224 e. The van der Waals surface area contributed by atoms with Gasteiger partial charge in [-0.15, -0.1) is 0 Å². The second kappa shape index (κ2) is 6.50. The van der Waals surface area contributed by atoms with Gasteiger partial charge in [0.2, 0.25) is 5.28 Å². The first-order chi connectivity index (χ1) is 11.0. The first-order valence-electron chi connectivity index (χ1n) is 7.66. The molecule has 23 heavy (non-hydrogen) atoms. The van der Waals surface area contributed by atoms with Crippen molar-refractivity contribution in [2.45, 2.75) is 26.7 Å². The number of nitrogens with zero attached hydrogens (tertiary/aromatic N) is 2. The molecule has 0 radical (unpaired) electrons. The molecule has 0 amide bonds. The van der Waals surface area contributed by atoms with Crippen LogP contribution in [-0.2, 0) is 6.42 Å². The zero-order chi connectivity index (χ0) is 16.4. The molecule has 0 unspecified atom stereocenters. The van der Waals surface area contributed by atoms with Gasteiger partial charge in [-0.1, -0.05) is 26.0 Å². The summed E-state index contributed by atoms with van der Waals surface area (Å²) >= 11 is 5.98. The Morgan fingerprint density at radius 1 is 1.26 bits per heavy atom. The molecule has 0 bridgehead atoms. The van der Waals surface area contributed by atoms with E-state index in [1.807, 2.05) is 50.3 Å². The van der Waals surface area contributed by atoms with Crippen LogP contribution < -0.4 is 5.32 Å². The van der Waals surface area contributed by atoms with Gasteiger partial charge >= 0.3 is 0 Å². The quantitative estimate of drug-likeness (QED) is 0.640. The first kappa shape index (κ1) is 15.7. The summed E-state index contributed by atoms with van der Waals surface area (Å²) in [7, 11) is 0.